The fourth-order valence-electron chi connectivity index (χ4n) is 0. The van der Waals surface area contributed by atoms with Crippen molar-refractivity contribution in [1.82, 2.24) is 0 Å². The van der Waals surface area contributed by atoms with Gasteiger partial charge in [-0.1, -0.05) is 0 Å². The molecule has 0 amide bonds. The molecule has 1 atom stereocenters. The van der Waals surface area contributed by atoms with Crippen molar-refractivity contribution in [3.05, 3.63) is 0 Å². The Morgan fingerprint density at radius 3 is 2.20 bits per heavy atom. The summed E-state index contributed by atoms with van der Waals surface area (Å²) < 4.78 is 9.69. The summed E-state index contributed by atoms with van der Waals surface area (Å²) in [6.07, 6.45) is 6.08. The summed E-state index contributed by atoms with van der Waals surface area (Å²) in [4.78, 5) is 0. The van der Waals surface area contributed by atoms with Crippen molar-refractivity contribution in [1.29, 1.82) is 0 Å². The first-order valence-corrected chi connectivity index (χ1v) is 2.63. The highest BCUT2D eigenvalue weighted by Crippen LogP contribution is 1.57. The highest BCUT2D eigenvalue weighted by atomic mass is 32.2. The van der Waals surface area contributed by atoms with Gasteiger partial charge in [0.15, 0.2) is 0 Å². The smallest absolute Gasteiger partial charge is 0.0940 e. The molecule has 0 aliphatic heterocycles. The molecule has 0 heterocycles. The van der Waals surface area contributed by atoms with Crippen LogP contribution in [-0.2, 0) is 10.8 Å². The van der Waals surface area contributed by atoms with E-state index in [-0.39, 0.29) is 0 Å². The van der Waals surface area contributed by atoms with Crippen LogP contribution in [-0.4, -0.2) is 10.5 Å². The lowest BCUT2D eigenvalue weighted by Gasteiger charge is -1.61. The molecule has 1 nitrogen and oxygen atoms in total. The van der Waals surface area contributed by atoms with Gasteiger partial charge in [-0.15, -0.1) is 6.42 Å². The van der Waals surface area contributed by atoms with Crippen LogP contribution >= 0.6 is 0 Å². The molecule has 0 aromatic carbocycles. The maximum absolute atomic E-state index is 9.69. The van der Waals surface area contributed by atoms with Gasteiger partial charge in [0.05, 0.1) is 10.8 Å². The maximum atomic E-state index is 9.69. The van der Waals surface area contributed by atoms with Crippen molar-refractivity contribution in [2.45, 2.75) is 0 Å². The molecule has 0 spiro atoms. The lowest BCUT2D eigenvalue weighted by atomic mass is 11.4. The zero-order valence-corrected chi connectivity index (χ0v) is 3.71. The molecule has 0 rings (SSSR count). The van der Waals surface area contributed by atoms with Crippen LogP contribution in [0.2, 0.25) is 0 Å². The molecule has 0 N–H and O–H groups in total. The van der Waals surface area contributed by atoms with Crippen LogP contribution in [0.3, 0.4) is 0 Å². The van der Waals surface area contributed by atoms with Gasteiger partial charge in [-0.3, -0.25) is 0 Å². The molecule has 28 valence electrons. The van der Waals surface area contributed by atoms with Gasteiger partial charge in [0.25, 0.3) is 0 Å². The van der Waals surface area contributed by atoms with Crippen LogP contribution in [0.1, 0.15) is 0 Å². The molecule has 0 aromatic heterocycles. The summed E-state index contributed by atoms with van der Waals surface area (Å²) in [5.41, 5.74) is 0. The van der Waals surface area contributed by atoms with E-state index in [1.54, 1.807) is 0 Å². The normalized spacial score (nSPS) is 12.8. The van der Waals surface area contributed by atoms with Crippen molar-refractivity contribution in [3.63, 3.8) is 0 Å². The second-order valence-corrected chi connectivity index (χ2v) is 1.72. The lowest BCUT2D eigenvalue weighted by Crippen LogP contribution is -1.70. The van der Waals surface area contributed by atoms with Gasteiger partial charge >= 0.3 is 0 Å². The second-order valence-electron chi connectivity index (χ2n) is 0.572. The summed E-state index contributed by atoms with van der Waals surface area (Å²) in [5.74, 6) is 0. The molecule has 0 aliphatic rings. The number of terminal acetylenes is 1. The first kappa shape index (κ1) is 4.71. The van der Waals surface area contributed by atoms with E-state index < -0.39 is 10.8 Å². The quantitative estimate of drug-likeness (QED) is 0.380. The summed E-state index contributed by atoms with van der Waals surface area (Å²) in [6, 6.07) is 0. The molecule has 0 saturated heterocycles. The van der Waals surface area contributed by atoms with E-state index in [9.17, 15) is 4.21 Å². The van der Waals surface area contributed by atoms with Crippen molar-refractivity contribution in [2.75, 3.05) is 6.26 Å². The number of hydrogen-bond acceptors (Lipinski definition) is 1. The molecule has 0 radical (unpaired) electrons. The van der Waals surface area contributed by atoms with Crippen LogP contribution in [0.5, 0.6) is 0 Å². The summed E-state index contributed by atoms with van der Waals surface area (Å²) in [7, 11) is -1.04. The molecule has 0 unspecified atom stereocenters. The highest BCUT2D eigenvalue weighted by molar-refractivity contribution is 7.89. The Hall–Kier alpha value is -0.290. The van der Waals surface area contributed by atoms with Gasteiger partial charge in [-0.25, -0.2) is 4.21 Å². The summed E-state index contributed by atoms with van der Waals surface area (Å²) in [5, 5.41) is 2.00. The molecule has 0 saturated carbocycles. The van der Waals surface area contributed by atoms with E-state index in [2.05, 4.69) is 6.42 Å². The predicted octanol–water partition coefficient (Wildman–Crippen LogP) is -0.0444. The second kappa shape index (κ2) is 1.98. The minimum Gasteiger partial charge on any atom is -0.246 e. The lowest BCUT2D eigenvalue weighted by molar-refractivity contribution is 0.692. The Bertz CT molecular complexity index is 79.4. The fraction of sp³-hybridized carbons (Fsp3) is 0.333. The molecule has 5 heavy (non-hydrogen) atoms. The SMILES string of the molecule is C#C[S@](C)=O. The van der Waals surface area contributed by atoms with E-state index in [0.29, 0.717) is 0 Å². The van der Waals surface area contributed by atoms with Crippen LogP contribution in [0.15, 0.2) is 0 Å². The third kappa shape index (κ3) is 3.71. The predicted molar refractivity (Wildman–Crippen MR) is 22.9 cm³/mol. The van der Waals surface area contributed by atoms with E-state index in [4.69, 9.17) is 0 Å². The van der Waals surface area contributed by atoms with Crippen molar-refractivity contribution < 1.29 is 4.21 Å². The molecule has 2 heteroatoms. The van der Waals surface area contributed by atoms with E-state index in [1.165, 1.54) is 6.26 Å². The zero-order valence-electron chi connectivity index (χ0n) is 2.89. The Morgan fingerprint density at radius 2 is 2.20 bits per heavy atom. The zero-order chi connectivity index (χ0) is 4.28. The monoisotopic (exact) mass is 88.0 g/mol. The average Bonchev–Trinajstić information content (AvgIpc) is 1.38. The number of rotatable bonds is 0. The Labute approximate surface area is 33.8 Å². The average molecular weight is 88.1 g/mol. The Morgan fingerprint density at radius 1 is 2.00 bits per heavy atom. The molecule has 0 bridgehead atoms. The molecular weight excluding hydrogens is 84.1 g/mol. The van der Waals surface area contributed by atoms with Crippen molar-refractivity contribution in [3.8, 4) is 11.7 Å². The van der Waals surface area contributed by atoms with E-state index >= 15 is 0 Å². The Balaban J connectivity index is 3.35. The van der Waals surface area contributed by atoms with Crippen molar-refractivity contribution >= 4 is 10.8 Å². The summed E-state index contributed by atoms with van der Waals surface area (Å²) in [6.45, 7) is 0. The topological polar surface area (TPSA) is 17.1 Å². The largest absolute Gasteiger partial charge is 0.246 e. The van der Waals surface area contributed by atoms with Gasteiger partial charge in [0.1, 0.15) is 0 Å². The minimum atomic E-state index is -1.04. The van der Waals surface area contributed by atoms with Gasteiger partial charge in [-0.2, -0.15) is 0 Å². The van der Waals surface area contributed by atoms with Gasteiger partial charge in [0, 0.05) is 6.26 Å². The highest BCUT2D eigenvalue weighted by Gasteiger charge is 1.65. The number of hydrogen-bond donors (Lipinski definition) is 0. The molecular formula is C3H4OS. The third-order valence-corrected chi connectivity index (χ3v) is 0.498. The fourth-order valence-corrected chi connectivity index (χ4v) is 0. The van der Waals surface area contributed by atoms with E-state index in [0.717, 1.165) is 0 Å². The van der Waals surface area contributed by atoms with Gasteiger partial charge in [0.2, 0.25) is 0 Å². The van der Waals surface area contributed by atoms with Crippen LogP contribution in [0, 0.1) is 11.7 Å². The molecule has 0 fully saturated rings. The van der Waals surface area contributed by atoms with E-state index in [1.807, 2.05) is 5.25 Å². The first-order chi connectivity index (χ1) is 2.27. The van der Waals surface area contributed by atoms with Gasteiger partial charge in [-0.05, 0) is 5.25 Å². The van der Waals surface area contributed by atoms with Crippen LogP contribution < -0.4 is 0 Å². The van der Waals surface area contributed by atoms with Gasteiger partial charge < -0.3 is 0 Å². The first-order valence-electron chi connectivity index (χ1n) is 1.07. The molecule has 0 aromatic rings. The maximum Gasteiger partial charge on any atom is 0.0940 e. The Kier molecular flexibility index (Phi) is 1.86. The standard InChI is InChI=1S/C3H4OS/c1-3-5(2)4/h1H,2H3/t5-/m0/s1. The minimum absolute atomic E-state index is 1.04. The third-order valence-electron chi connectivity index (χ3n) is 0.166. The molecule has 0 aliphatic carbocycles. The summed E-state index contributed by atoms with van der Waals surface area (Å²) >= 11 is 0. The van der Waals surface area contributed by atoms with Crippen molar-refractivity contribution in [2.24, 2.45) is 0 Å². The van der Waals surface area contributed by atoms with Crippen LogP contribution in [0.4, 0.5) is 0 Å². The van der Waals surface area contributed by atoms with Crippen LogP contribution in [0.25, 0.3) is 0 Å².